The minimum atomic E-state index is -0.569. The molecule has 0 aliphatic carbocycles. The van der Waals surface area contributed by atoms with E-state index in [2.05, 4.69) is 18.7 Å². The number of nitro groups is 1. The van der Waals surface area contributed by atoms with E-state index in [4.69, 9.17) is 16.7 Å². The van der Waals surface area contributed by atoms with Crippen molar-refractivity contribution in [1.82, 2.24) is 0 Å². The molecule has 2 aromatic rings. The zero-order chi connectivity index (χ0) is 29.8. The second-order valence-corrected chi connectivity index (χ2v) is 10.4. The molecule has 0 radical (unpaired) electrons. The number of anilines is 3. The van der Waals surface area contributed by atoms with Gasteiger partial charge in [-0.2, -0.15) is 5.26 Å². The van der Waals surface area contributed by atoms with Gasteiger partial charge in [-0.3, -0.25) is 10.1 Å². The lowest BCUT2D eigenvalue weighted by Crippen LogP contribution is -2.38. The lowest BCUT2D eigenvalue weighted by atomic mass is 10.1. The first-order valence-corrected chi connectivity index (χ1v) is 14.6. The number of benzene rings is 2. The summed E-state index contributed by atoms with van der Waals surface area (Å²) in [6, 6.07) is 13.3. The average Bonchev–Trinajstić information content (AvgIpc) is 2.93. The fourth-order valence-corrected chi connectivity index (χ4v) is 4.38. The summed E-state index contributed by atoms with van der Waals surface area (Å²) in [5.74, 6) is 0. The smallest absolute Gasteiger partial charge is 0.270 e. The molecule has 0 saturated heterocycles. The summed E-state index contributed by atoms with van der Waals surface area (Å²) in [5.41, 5.74) is 13.2. The lowest BCUT2D eigenvalue weighted by Gasteiger charge is -2.29. The second kappa shape index (κ2) is 20.5. The van der Waals surface area contributed by atoms with Crippen molar-refractivity contribution in [2.45, 2.75) is 103 Å². The van der Waals surface area contributed by atoms with E-state index < -0.39 is 4.92 Å². The maximum atomic E-state index is 10.5. The fraction of sp³-hybridized carbons (Fsp3) is 0.581. The van der Waals surface area contributed by atoms with Crippen LogP contribution in [0.2, 0.25) is 0 Å². The molecule has 0 amide bonds. The van der Waals surface area contributed by atoms with Crippen LogP contribution in [0.5, 0.6) is 0 Å². The van der Waals surface area contributed by atoms with Gasteiger partial charge in [0.25, 0.3) is 5.69 Å². The van der Waals surface area contributed by atoms with Crippen LogP contribution in [0.3, 0.4) is 0 Å². The molecule has 0 aliphatic rings. The van der Waals surface area contributed by atoms with E-state index in [9.17, 15) is 20.3 Å². The third-order valence-electron chi connectivity index (χ3n) is 6.77. The Morgan fingerprint density at radius 1 is 0.850 bits per heavy atom. The van der Waals surface area contributed by atoms with Crippen molar-refractivity contribution in [3.05, 3.63) is 58.1 Å². The van der Waals surface area contributed by atoms with Crippen LogP contribution >= 0.6 is 0 Å². The van der Waals surface area contributed by atoms with Gasteiger partial charge < -0.3 is 26.6 Å². The molecule has 0 spiro atoms. The summed E-state index contributed by atoms with van der Waals surface area (Å²) < 4.78 is 0. The maximum Gasteiger partial charge on any atom is 0.270 e. The van der Waals surface area contributed by atoms with Gasteiger partial charge in [0.15, 0.2) is 0 Å². The van der Waals surface area contributed by atoms with Crippen molar-refractivity contribution in [1.29, 1.82) is 5.26 Å². The first kappa shape index (κ1) is 34.7. The summed E-state index contributed by atoms with van der Waals surface area (Å²) in [5, 5.41) is 39.8. The highest BCUT2D eigenvalue weighted by molar-refractivity contribution is 5.58. The number of hydrogen-bond acceptors (Lipinski definition) is 8. The number of non-ortho nitro benzene ring substituents is 1. The predicted octanol–water partition coefficient (Wildman–Crippen LogP) is 6.57. The normalized spacial score (nSPS) is 12.1. The maximum absolute atomic E-state index is 10.5. The first-order valence-electron chi connectivity index (χ1n) is 14.6. The third-order valence-corrected chi connectivity index (χ3v) is 6.77. The number of nitrogen functional groups attached to an aromatic ring is 2. The van der Waals surface area contributed by atoms with Crippen LogP contribution in [0.1, 0.15) is 96.5 Å². The summed E-state index contributed by atoms with van der Waals surface area (Å²) in [7, 11) is 0. The van der Waals surface area contributed by atoms with E-state index in [0.29, 0.717) is 13.1 Å². The van der Waals surface area contributed by atoms with Crippen LogP contribution in [0.15, 0.2) is 42.5 Å². The van der Waals surface area contributed by atoms with E-state index in [-0.39, 0.29) is 29.1 Å². The van der Waals surface area contributed by atoms with E-state index in [1.54, 1.807) is 6.07 Å². The molecule has 0 bridgehead atoms. The summed E-state index contributed by atoms with van der Waals surface area (Å²) in [6.07, 6.45) is 13.0. The molecule has 0 aromatic heterocycles. The number of rotatable bonds is 18. The number of nitrogens with zero attached hydrogens (tertiary/aromatic N) is 3. The molecule has 2 aromatic carbocycles. The fourth-order valence-electron chi connectivity index (χ4n) is 4.38. The number of nitrogens with two attached hydrogens (primary N) is 2. The third kappa shape index (κ3) is 14.7. The molecule has 2 unspecified atom stereocenters. The Labute approximate surface area is 240 Å². The molecule has 2 rings (SSSR count). The van der Waals surface area contributed by atoms with Crippen molar-refractivity contribution < 1.29 is 15.1 Å². The van der Waals surface area contributed by atoms with E-state index >= 15 is 0 Å². The van der Waals surface area contributed by atoms with E-state index in [1.807, 2.05) is 24.3 Å². The molecule has 9 heteroatoms. The Hall–Kier alpha value is -3.35. The summed E-state index contributed by atoms with van der Waals surface area (Å²) >= 11 is 0. The zero-order valence-electron chi connectivity index (χ0n) is 24.3. The van der Waals surface area contributed by atoms with Crippen LogP contribution in [0.25, 0.3) is 0 Å². The summed E-state index contributed by atoms with van der Waals surface area (Å²) in [4.78, 5) is 11.8. The van der Waals surface area contributed by atoms with Gasteiger partial charge in [0.05, 0.1) is 22.7 Å². The van der Waals surface area contributed by atoms with Crippen molar-refractivity contribution in [2.75, 3.05) is 29.5 Å². The number of nitriles is 1. The van der Waals surface area contributed by atoms with E-state index in [0.717, 1.165) is 43.1 Å². The van der Waals surface area contributed by atoms with Crippen molar-refractivity contribution in [3.8, 4) is 6.07 Å². The Morgan fingerprint density at radius 2 is 1.35 bits per heavy atom. The molecular formula is C31H49N5O4. The largest absolute Gasteiger partial charge is 0.399 e. The van der Waals surface area contributed by atoms with Crippen molar-refractivity contribution in [2.24, 2.45) is 0 Å². The Balaban J connectivity index is 0.000000552. The van der Waals surface area contributed by atoms with E-state index in [1.165, 1.54) is 63.5 Å². The van der Waals surface area contributed by atoms with Crippen molar-refractivity contribution in [3.63, 3.8) is 0 Å². The highest BCUT2D eigenvalue weighted by atomic mass is 16.6. The van der Waals surface area contributed by atoms with Gasteiger partial charge in [-0.15, -0.1) is 0 Å². The van der Waals surface area contributed by atoms with Gasteiger partial charge in [-0.1, -0.05) is 78.1 Å². The van der Waals surface area contributed by atoms with Crippen LogP contribution < -0.4 is 16.4 Å². The van der Waals surface area contributed by atoms with Crippen LogP contribution in [0.4, 0.5) is 22.7 Å². The second-order valence-electron chi connectivity index (χ2n) is 10.4. The van der Waals surface area contributed by atoms with Crippen LogP contribution in [0, 0.1) is 21.4 Å². The van der Waals surface area contributed by atoms with Crippen molar-refractivity contribution >= 4 is 22.7 Å². The number of aliphatic hydroxyl groups is 2. The molecular weight excluding hydrogens is 506 g/mol. The number of hydrogen-bond donors (Lipinski definition) is 4. The van der Waals surface area contributed by atoms with Gasteiger partial charge >= 0.3 is 0 Å². The Morgan fingerprint density at radius 3 is 1.80 bits per heavy atom. The minimum Gasteiger partial charge on any atom is -0.399 e. The minimum absolute atomic E-state index is 0.124. The topological polar surface area (TPSA) is 163 Å². The van der Waals surface area contributed by atoms with Gasteiger partial charge in [0, 0.05) is 42.3 Å². The standard InChI is InChI=1S/C24H44N2O2.C7H5N3O2/c1-3-5-7-9-11-13-23(27)19-26(22-17-15-21(25)16-18-22)20-24(28)14-12-10-8-6-4-2;8-4-5-3-6(10(11)12)1-2-7(5)9/h15-18,23-24,27-28H,3-14,19-20,25H2,1-2H3;1-3H,9H2. The highest BCUT2D eigenvalue weighted by Crippen LogP contribution is 2.20. The highest BCUT2D eigenvalue weighted by Gasteiger charge is 2.16. The molecule has 6 N–H and O–H groups in total. The molecule has 2 atom stereocenters. The van der Waals surface area contributed by atoms with Crippen LogP contribution in [-0.2, 0) is 0 Å². The predicted molar refractivity (Wildman–Crippen MR) is 164 cm³/mol. The van der Waals surface area contributed by atoms with Gasteiger partial charge in [0.2, 0.25) is 0 Å². The molecule has 0 aliphatic heterocycles. The average molecular weight is 556 g/mol. The quantitative estimate of drug-likeness (QED) is 0.0694. The SMILES string of the molecule is CCCCCCCC(O)CN(CC(O)CCCCCCC)c1ccc(N)cc1.N#Cc1cc([N+](=O)[O-])ccc1N. The molecule has 222 valence electrons. The van der Waals surface area contributed by atoms with Crippen LogP contribution in [-0.4, -0.2) is 40.4 Å². The number of aliphatic hydroxyl groups excluding tert-OH is 2. The summed E-state index contributed by atoms with van der Waals surface area (Å²) in [6.45, 7) is 5.55. The molecule has 0 heterocycles. The molecule has 9 nitrogen and oxygen atoms in total. The first-order chi connectivity index (χ1) is 19.2. The van der Waals surface area contributed by atoms with Gasteiger partial charge in [0.1, 0.15) is 6.07 Å². The Kier molecular flexibility index (Phi) is 17.8. The lowest BCUT2D eigenvalue weighted by molar-refractivity contribution is -0.384. The number of nitro benzene ring substituents is 1. The molecule has 0 saturated carbocycles. The Bertz CT molecular complexity index is 988. The molecule has 40 heavy (non-hydrogen) atoms. The number of unbranched alkanes of at least 4 members (excludes halogenated alkanes) is 8. The molecule has 0 fully saturated rings. The monoisotopic (exact) mass is 555 g/mol. The van der Waals surface area contributed by atoms with Gasteiger partial charge in [-0.25, -0.2) is 0 Å². The van der Waals surface area contributed by atoms with Gasteiger partial charge in [-0.05, 0) is 43.2 Å². The zero-order valence-corrected chi connectivity index (χ0v) is 24.3.